The second-order valence-electron chi connectivity index (χ2n) is 8.08. The van der Waals surface area contributed by atoms with E-state index in [0.717, 1.165) is 57.5 Å². The number of fused-ring (bicyclic) bond motifs is 1. The van der Waals surface area contributed by atoms with Gasteiger partial charge in [0.15, 0.2) is 4.77 Å². The largest absolute Gasteiger partial charge is 0.381 e. The number of ether oxygens (including phenoxy) is 1. The second-order valence-corrected chi connectivity index (χ2v) is 8.45. The first-order valence-electron chi connectivity index (χ1n) is 10.7. The summed E-state index contributed by atoms with van der Waals surface area (Å²) < 4.78 is 29.3. The minimum absolute atomic E-state index is 0.243. The molecule has 9 heteroatoms. The molecule has 2 saturated heterocycles. The van der Waals surface area contributed by atoms with Crippen LogP contribution in [0, 0.1) is 10.6 Å². The Morgan fingerprint density at radius 3 is 2.63 bits per heavy atom. The van der Waals surface area contributed by atoms with Gasteiger partial charge in [0.25, 0.3) is 5.95 Å². The van der Waals surface area contributed by atoms with Gasteiger partial charge in [-0.15, -0.1) is 0 Å². The fraction of sp³-hybridized carbons (Fsp3) is 0.571. The van der Waals surface area contributed by atoms with Crippen molar-refractivity contribution in [2.24, 2.45) is 0 Å². The monoisotopic (exact) mass is 431 g/mol. The van der Waals surface area contributed by atoms with Gasteiger partial charge in [-0.1, -0.05) is 0 Å². The molecule has 5 rings (SSSR count). The third kappa shape index (κ3) is 3.48. The average Bonchev–Trinajstić information content (AvgIpc) is 3.36. The first kappa shape index (κ1) is 19.8. The Hall–Kier alpha value is -2.10. The van der Waals surface area contributed by atoms with Crippen LogP contribution in [0.1, 0.15) is 44.4 Å². The van der Waals surface area contributed by atoms with Crippen LogP contribution in [0.15, 0.2) is 22.7 Å². The third-order valence-corrected chi connectivity index (χ3v) is 6.83. The molecule has 2 fully saturated rings. The topological polar surface area (TPSA) is 61.2 Å². The molecule has 1 aromatic carbocycles. The van der Waals surface area contributed by atoms with Crippen molar-refractivity contribution in [3.63, 3.8) is 0 Å². The van der Waals surface area contributed by atoms with Gasteiger partial charge < -0.3 is 18.7 Å². The summed E-state index contributed by atoms with van der Waals surface area (Å²) in [6, 6.07) is 5.29. The minimum Gasteiger partial charge on any atom is -0.381 e. The van der Waals surface area contributed by atoms with E-state index in [2.05, 4.69) is 15.0 Å². The van der Waals surface area contributed by atoms with Gasteiger partial charge in [0, 0.05) is 37.8 Å². The van der Waals surface area contributed by atoms with Gasteiger partial charge in [0.2, 0.25) is 5.89 Å². The standard InChI is InChI=1S/C21H26FN5O2S/c1-2-26-17-4-3-15(22)13-18(17)27(21(26)30)20-23-19(29-24-20)14-5-9-25(10-6-14)16-7-11-28-12-8-16/h3-4,13-14,16H,2,5-12H2,1H3. The van der Waals surface area contributed by atoms with E-state index in [1.54, 1.807) is 10.6 Å². The van der Waals surface area contributed by atoms with Crippen molar-refractivity contribution in [3.8, 4) is 5.95 Å². The average molecular weight is 432 g/mol. The molecule has 2 aliphatic heterocycles. The van der Waals surface area contributed by atoms with Crippen molar-refractivity contribution in [1.29, 1.82) is 0 Å². The lowest BCUT2D eigenvalue weighted by molar-refractivity contribution is 0.0239. The van der Waals surface area contributed by atoms with E-state index < -0.39 is 0 Å². The SMILES string of the molecule is CCn1c(=S)n(-c2noc(C3CCN(C4CCOCC4)CC3)n2)c2cc(F)ccc21. The number of aromatic nitrogens is 4. The molecule has 30 heavy (non-hydrogen) atoms. The van der Waals surface area contributed by atoms with Crippen LogP contribution < -0.4 is 0 Å². The second kappa shape index (κ2) is 8.20. The van der Waals surface area contributed by atoms with E-state index in [0.29, 0.717) is 34.7 Å². The van der Waals surface area contributed by atoms with Crippen molar-refractivity contribution >= 4 is 23.3 Å². The Morgan fingerprint density at radius 1 is 1.13 bits per heavy atom. The molecule has 0 spiro atoms. The van der Waals surface area contributed by atoms with Crippen LogP contribution in [0.25, 0.3) is 17.0 Å². The summed E-state index contributed by atoms with van der Waals surface area (Å²) in [7, 11) is 0. The number of hydrogen-bond acceptors (Lipinski definition) is 6. The van der Waals surface area contributed by atoms with Gasteiger partial charge in [0.05, 0.1) is 11.0 Å². The first-order chi connectivity index (χ1) is 14.7. The first-order valence-corrected chi connectivity index (χ1v) is 11.1. The highest BCUT2D eigenvalue weighted by atomic mass is 32.1. The summed E-state index contributed by atoms with van der Waals surface area (Å²) in [5.41, 5.74) is 1.52. The van der Waals surface area contributed by atoms with Crippen LogP contribution in [-0.2, 0) is 11.3 Å². The summed E-state index contributed by atoms with van der Waals surface area (Å²) in [5, 5.41) is 4.20. The van der Waals surface area contributed by atoms with E-state index in [9.17, 15) is 4.39 Å². The molecule has 0 aliphatic carbocycles. The highest BCUT2D eigenvalue weighted by Gasteiger charge is 2.30. The Labute approximate surface area is 179 Å². The lowest BCUT2D eigenvalue weighted by atomic mass is 9.94. The predicted molar refractivity (Wildman–Crippen MR) is 113 cm³/mol. The molecule has 3 aromatic rings. The van der Waals surface area contributed by atoms with Gasteiger partial charge in [-0.3, -0.25) is 4.57 Å². The molecule has 0 atom stereocenters. The highest BCUT2D eigenvalue weighted by Crippen LogP contribution is 2.30. The molecule has 0 radical (unpaired) electrons. The van der Waals surface area contributed by atoms with E-state index in [4.69, 9.17) is 21.5 Å². The van der Waals surface area contributed by atoms with Gasteiger partial charge in [-0.2, -0.15) is 4.98 Å². The van der Waals surface area contributed by atoms with E-state index in [-0.39, 0.29) is 11.7 Å². The molecule has 160 valence electrons. The molecule has 7 nitrogen and oxygen atoms in total. The van der Waals surface area contributed by atoms with Crippen LogP contribution in [0.4, 0.5) is 4.39 Å². The summed E-state index contributed by atoms with van der Waals surface area (Å²) in [4.78, 5) is 7.25. The third-order valence-electron chi connectivity index (χ3n) is 6.42. The quantitative estimate of drug-likeness (QED) is 0.581. The summed E-state index contributed by atoms with van der Waals surface area (Å²) >= 11 is 5.64. The van der Waals surface area contributed by atoms with Crippen LogP contribution in [0.2, 0.25) is 0 Å². The smallest absolute Gasteiger partial charge is 0.277 e. The van der Waals surface area contributed by atoms with Crippen molar-refractivity contribution in [2.75, 3.05) is 26.3 Å². The number of halogens is 1. The molecule has 4 heterocycles. The number of nitrogens with zero attached hydrogens (tertiary/aromatic N) is 5. The normalized spacial score (nSPS) is 19.7. The maximum absolute atomic E-state index is 13.9. The number of benzene rings is 1. The molecule has 0 bridgehead atoms. The Kier molecular flexibility index (Phi) is 5.43. The molecular formula is C21H26FN5O2S. The molecule has 0 unspecified atom stereocenters. The van der Waals surface area contributed by atoms with Crippen molar-refractivity contribution in [2.45, 2.75) is 51.1 Å². The lowest BCUT2D eigenvalue weighted by Crippen LogP contribution is -2.43. The van der Waals surface area contributed by atoms with E-state index in [1.165, 1.54) is 12.1 Å². The van der Waals surface area contributed by atoms with Crippen LogP contribution >= 0.6 is 12.2 Å². The van der Waals surface area contributed by atoms with Crippen molar-refractivity contribution in [3.05, 3.63) is 34.7 Å². The van der Waals surface area contributed by atoms with Crippen molar-refractivity contribution < 1.29 is 13.7 Å². The van der Waals surface area contributed by atoms with Crippen LogP contribution in [-0.4, -0.2) is 56.5 Å². The number of imidazole rings is 1. The number of piperidine rings is 1. The van der Waals surface area contributed by atoms with E-state index in [1.807, 2.05) is 11.5 Å². The zero-order valence-electron chi connectivity index (χ0n) is 17.1. The van der Waals surface area contributed by atoms with Crippen LogP contribution in [0.3, 0.4) is 0 Å². The fourth-order valence-corrected chi connectivity index (χ4v) is 5.18. The number of likely N-dealkylation sites (tertiary alicyclic amines) is 1. The Bertz CT molecular complexity index is 1090. The molecule has 0 amide bonds. The summed E-state index contributed by atoms with van der Waals surface area (Å²) in [6.45, 7) is 6.49. The summed E-state index contributed by atoms with van der Waals surface area (Å²) in [6.07, 6.45) is 4.23. The minimum atomic E-state index is -0.316. The molecule has 0 saturated carbocycles. The summed E-state index contributed by atoms with van der Waals surface area (Å²) in [5.74, 6) is 0.952. The Morgan fingerprint density at radius 2 is 1.90 bits per heavy atom. The number of hydrogen-bond donors (Lipinski definition) is 0. The van der Waals surface area contributed by atoms with Gasteiger partial charge in [-0.25, -0.2) is 4.39 Å². The van der Waals surface area contributed by atoms with Gasteiger partial charge >= 0.3 is 0 Å². The number of rotatable bonds is 4. The fourth-order valence-electron chi connectivity index (χ4n) is 4.78. The molecular weight excluding hydrogens is 405 g/mol. The van der Waals surface area contributed by atoms with Gasteiger partial charge in [-0.05, 0) is 75.2 Å². The molecule has 0 N–H and O–H groups in total. The highest BCUT2D eigenvalue weighted by molar-refractivity contribution is 7.71. The molecule has 2 aromatic heterocycles. The Balaban J connectivity index is 1.38. The van der Waals surface area contributed by atoms with Crippen molar-refractivity contribution in [1.82, 2.24) is 24.2 Å². The lowest BCUT2D eigenvalue weighted by Gasteiger charge is -2.38. The van der Waals surface area contributed by atoms with E-state index >= 15 is 0 Å². The van der Waals surface area contributed by atoms with Gasteiger partial charge in [0.1, 0.15) is 5.82 Å². The molecule has 2 aliphatic rings. The zero-order chi connectivity index (χ0) is 20.7. The van der Waals surface area contributed by atoms with Crippen LogP contribution in [0.5, 0.6) is 0 Å². The zero-order valence-corrected chi connectivity index (χ0v) is 17.9. The predicted octanol–water partition coefficient (Wildman–Crippen LogP) is 4.06. The maximum atomic E-state index is 13.9. The maximum Gasteiger partial charge on any atom is 0.277 e. The number of aryl methyl sites for hydroxylation is 1.